The van der Waals surface area contributed by atoms with E-state index in [0.717, 1.165) is 43.0 Å². The predicted molar refractivity (Wildman–Crippen MR) is 110 cm³/mol. The highest BCUT2D eigenvalue weighted by Crippen LogP contribution is 2.22. The molecule has 0 spiro atoms. The number of rotatable bonds is 2. The van der Waals surface area contributed by atoms with Crippen molar-refractivity contribution in [2.24, 2.45) is 5.92 Å². The second kappa shape index (κ2) is 6.88. The van der Waals surface area contributed by atoms with Crippen LogP contribution in [0.25, 0.3) is 16.7 Å². The summed E-state index contributed by atoms with van der Waals surface area (Å²) in [6, 6.07) is 7.99. The number of piperidine rings is 1. The van der Waals surface area contributed by atoms with E-state index >= 15 is 0 Å². The number of anilines is 1. The number of nitrogens with zero attached hydrogens (tertiary/aromatic N) is 4. The van der Waals surface area contributed by atoms with Crippen LogP contribution < -0.4 is 10.5 Å². The van der Waals surface area contributed by atoms with Crippen LogP contribution >= 0.6 is 12.2 Å². The van der Waals surface area contributed by atoms with Gasteiger partial charge in [0.05, 0.1) is 0 Å². The van der Waals surface area contributed by atoms with E-state index < -0.39 is 0 Å². The molecule has 3 heterocycles. The lowest BCUT2D eigenvalue weighted by molar-refractivity contribution is 0.434. The molecule has 4 rings (SSSR count). The first kappa shape index (κ1) is 17.9. The third kappa shape index (κ3) is 3.27. The topological polar surface area (TPSA) is 66.8 Å². The molecular formula is C20H23N5OS. The van der Waals surface area contributed by atoms with Gasteiger partial charge >= 0.3 is 0 Å². The van der Waals surface area contributed by atoms with Crippen LogP contribution in [-0.2, 0) is 0 Å². The summed E-state index contributed by atoms with van der Waals surface area (Å²) >= 11 is 5.66. The van der Waals surface area contributed by atoms with Crippen LogP contribution in [0.1, 0.15) is 31.2 Å². The summed E-state index contributed by atoms with van der Waals surface area (Å²) in [6.45, 7) is 7.96. The first-order valence-corrected chi connectivity index (χ1v) is 9.70. The van der Waals surface area contributed by atoms with Crippen LogP contribution in [0.4, 0.5) is 5.95 Å². The Hall–Kier alpha value is -2.54. The fourth-order valence-corrected chi connectivity index (χ4v) is 4.05. The third-order valence-corrected chi connectivity index (χ3v) is 5.63. The van der Waals surface area contributed by atoms with Gasteiger partial charge in [-0.15, -0.1) is 0 Å². The molecule has 6 nitrogen and oxygen atoms in total. The van der Waals surface area contributed by atoms with Gasteiger partial charge in [0.25, 0.3) is 5.56 Å². The monoisotopic (exact) mass is 381 g/mol. The maximum atomic E-state index is 12.8. The maximum absolute atomic E-state index is 12.8. The zero-order valence-corrected chi connectivity index (χ0v) is 16.6. The molecule has 3 aromatic rings. The third-order valence-electron chi connectivity index (χ3n) is 5.24. The zero-order valence-electron chi connectivity index (χ0n) is 15.8. The van der Waals surface area contributed by atoms with E-state index in [1.807, 2.05) is 42.7 Å². The van der Waals surface area contributed by atoms with Crippen LogP contribution in [0.3, 0.4) is 0 Å². The highest BCUT2D eigenvalue weighted by atomic mass is 32.1. The van der Waals surface area contributed by atoms with Gasteiger partial charge in [-0.1, -0.05) is 31.3 Å². The van der Waals surface area contributed by atoms with E-state index in [1.165, 1.54) is 0 Å². The Bertz CT molecular complexity index is 1130. The molecular weight excluding hydrogens is 358 g/mol. The molecule has 0 saturated carbocycles. The molecule has 0 atom stereocenters. The standard InChI is InChI=1S/C20H23N5OS/c1-12-7-9-24(10-8-12)20-22-17-16(18(26)23-20)19(27)25(14(3)21-17)15-6-4-5-13(2)11-15/h4-6,11-12H,7-10H2,1-3H3,(H,22,23,26). The van der Waals surface area contributed by atoms with Gasteiger partial charge in [0.2, 0.25) is 5.95 Å². The van der Waals surface area contributed by atoms with Crippen LogP contribution in [0, 0.1) is 24.4 Å². The van der Waals surface area contributed by atoms with Crippen LogP contribution in [0.2, 0.25) is 0 Å². The fraction of sp³-hybridized carbons (Fsp3) is 0.400. The van der Waals surface area contributed by atoms with Gasteiger partial charge in [0.1, 0.15) is 15.9 Å². The van der Waals surface area contributed by atoms with Gasteiger partial charge in [-0.25, -0.2) is 4.98 Å². The smallest absolute Gasteiger partial charge is 0.264 e. The number of aromatic amines is 1. The molecule has 1 fully saturated rings. The van der Waals surface area contributed by atoms with Gasteiger partial charge in [-0.2, -0.15) is 4.98 Å². The number of nitrogens with one attached hydrogen (secondary N) is 1. The number of hydrogen-bond donors (Lipinski definition) is 1. The average molecular weight is 382 g/mol. The summed E-state index contributed by atoms with van der Waals surface area (Å²) in [5.41, 5.74) is 2.21. The molecule has 0 amide bonds. The van der Waals surface area contributed by atoms with Gasteiger partial charge in [-0.3, -0.25) is 14.3 Å². The molecule has 1 N–H and O–H groups in total. The SMILES string of the molecule is Cc1cccc(-n2c(C)nc3nc(N4CCC(C)CC4)[nH]c(=O)c3c2=S)c1. The van der Waals surface area contributed by atoms with Gasteiger partial charge in [0, 0.05) is 18.8 Å². The second-order valence-electron chi connectivity index (χ2n) is 7.40. The average Bonchev–Trinajstić information content (AvgIpc) is 2.61. The van der Waals surface area contributed by atoms with E-state index in [9.17, 15) is 4.79 Å². The van der Waals surface area contributed by atoms with Crippen molar-refractivity contribution >= 4 is 29.2 Å². The van der Waals surface area contributed by atoms with Gasteiger partial charge in [-0.05, 0) is 50.3 Å². The number of benzene rings is 1. The summed E-state index contributed by atoms with van der Waals surface area (Å²) < 4.78 is 2.28. The minimum absolute atomic E-state index is 0.229. The highest BCUT2D eigenvalue weighted by Gasteiger charge is 2.20. The van der Waals surface area contributed by atoms with Crippen molar-refractivity contribution in [1.29, 1.82) is 0 Å². The lowest BCUT2D eigenvalue weighted by Gasteiger charge is -2.30. The van der Waals surface area contributed by atoms with Crippen molar-refractivity contribution in [3.63, 3.8) is 0 Å². The van der Waals surface area contributed by atoms with Crippen molar-refractivity contribution in [3.05, 3.63) is 50.6 Å². The molecule has 0 bridgehead atoms. The molecule has 1 aromatic carbocycles. The predicted octanol–water partition coefficient (Wildman–Crippen LogP) is 3.69. The Balaban J connectivity index is 1.87. The van der Waals surface area contributed by atoms with E-state index in [4.69, 9.17) is 12.2 Å². The number of hydrogen-bond acceptors (Lipinski definition) is 5. The Morgan fingerprint density at radius 3 is 2.63 bits per heavy atom. The molecule has 1 saturated heterocycles. The molecule has 2 aromatic heterocycles. The zero-order chi connectivity index (χ0) is 19.1. The van der Waals surface area contributed by atoms with Crippen LogP contribution in [-0.4, -0.2) is 32.6 Å². The van der Waals surface area contributed by atoms with Crippen molar-refractivity contribution in [1.82, 2.24) is 19.5 Å². The Morgan fingerprint density at radius 2 is 1.93 bits per heavy atom. The molecule has 1 aliphatic heterocycles. The van der Waals surface area contributed by atoms with Crippen LogP contribution in [0.15, 0.2) is 29.1 Å². The lowest BCUT2D eigenvalue weighted by Crippen LogP contribution is -2.35. The van der Waals surface area contributed by atoms with Crippen LogP contribution in [0.5, 0.6) is 0 Å². The molecule has 0 unspecified atom stereocenters. The van der Waals surface area contributed by atoms with Gasteiger partial charge < -0.3 is 4.90 Å². The Labute approximate surface area is 162 Å². The molecule has 1 aliphatic rings. The van der Waals surface area contributed by atoms with E-state index in [0.29, 0.717) is 27.5 Å². The summed E-state index contributed by atoms with van der Waals surface area (Å²) in [5, 5.41) is 0.367. The van der Waals surface area contributed by atoms with Crippen molar-refractivity contribution in [2.75, 3.05) is 18.0 Å². The molecule has 27 heavy (non-hydrogen) atoms. The summed E-state index contributed by atoms with van der Waals surface area (Å²) in [6.07, 6.45) is 2.20. The summed E-state index contributed by atoms with van der Waals surface area (Å²) in [4.78, 5) is 27.1. The number of H-pyrrole nitrogens is 1. The Kier molecular flexibility index (Phi) is 4.55. The molecule has 0 radical (unpaired) electrons. The van der Waals surface area contributed by atoms with Crippen molar-refractivity contribution in [3.8, 4) is 5.69 Å². The first-order chi connectivity index (χ1) is 12.9. The summed E-state index contributed by atoms with van der Waals surface area (Å²) in [5.74, 6) is 2.02. The fourth-order valence-electron chi connectivity index (χ4n) is 3.63. The van der Waals surface area contributed by atoms with E-state index in [-0.39, 0.29) is 5.56 Å². The minimum Gasteiger partial charge on any atom is -0.342 e. The first-order valence-electron chi connectivity index (χ1n) is 9.29. The van der Waals surface area contributed by atoms with Crippen molar-refractivity contribution in [2.45, 2.75) is 33.6 Å². The lowest BCUT2D eigenvalue weighted by atomic mass is 10.00. The number of aromatic nitrogens is 4. The van der Waals surface area contributed by atoms with E-state index in [2.05, 4.69) is 26.8 Å². The Morgan fingerprint density at radius 1 is 1.19 bits per heavy atom. The van der Waals surface area contributed by atoms with E-state index in [1.54, 1.807) is 0 Å². The molecule has 0 aliphatic carbocycles. The normalized spacial score (nSPS) is 15.4. The number of aryl methyl sites for hydroxylation is 2. The quantitative estimate of drug-likeness (QED) is 0.686. The highest BCUT2D eigenvalue weighted by molar-refractivity contribution is 7.71. The molecule has 140 valence electrons. The second-order valence-corrected chi connectivity index (χ2v) is 7.78. The largest absolute Gasteiger partial charge is 0.342 e. The summed E-state index contributed by atoms with van der Waals surface area (Å²) in [7, 11) is 0. The minimum atomic E-state index is -0.229. The molecule has 7 heteroatoms. The maximum Gasteiger partial charge on any atom is 0.264 e. The van der Waals surface area contributed by atoms with Gasteiger partial charge in [0.15, 0.2) is 5.65 Å². The number of fused-ring (bicyclic) bond motifs is 1. The van der Waals surface area contributed by atoms with Crippen molar-refractivity contribution < 1.29 is 0 Å².